The fourth-order valence-corrected chi connectivity index (χ4v) is 4.18. The van der Waals surface area contributed by atoms with Crippen LogP contribution >= 0.6 is 0 Å². The van der Waals surface area contributed by atoms with Crippen molar-refractivity contribution in [1.29, 1.82) is 0 Å². The smallest absolute Gasteiger partial charge is 0.313 e. The van der Waals surface area contributed by atoms with E-state index in [-0.39, 0.29) is 68.0 Å². The molecule has 2 heterocycles. The van der Waals surface area contributed by atoms with Crippen LogP contribution in [0.5, 0.6) is 0 Å². The van der Waals surface area contributed by atoms with Crippen molar-refractivity contribution < 1.29 is 38.2 Å². The number of Topliss-reactive ketones (excluding diaryl/α,β-unsaturated/α-hetero) is 3. The zero-order valence-electron chi connectivity index (χ0n) is 25.7. The number of hydrogen-bond donors (Lipinski definition) is 0. The van der Waals surface area contributed by atoms with Gasteiger partial charge >= 0.3 is 5.97 Å². The van der Waals surface area contributed by atoms with Crippen LogP contribution < -0.4 is 0 Å². The molecule has 0 bridgehead atoms. The maximum Gasteiger partial charge on any atom is 0.313 e. The number of ether oxygens (including phenoxy) is 2. The van der Waals surface area contributed by atoms with E-state index >= 15 is 0 Å². The molecule has 2 amide bonds. The van der Waals surface area contributed by atoms with Crippen LogP contribution in [0.15, 0.2) is 55.4 Å². The van der Waals surface area contributed by atoms with E-state index in [0.717, 1.165) is 10.5 Å². The molecule has 1 aromatic heterocycles. The summed E-state index contributed by atoms with van der Waals surface area (Å²) >= 11 is 0. The Morgan fingerprint density at radius 1 is 0.977 bits per heavy atom. The number of nitrogens with zero attached hydrogens (tertiary/aromatic N) is 2. The molecule has 1 aromatic carbocycles. The average molecular weight is 595 g/mol. The summed E-state index contributed by atoms with van der Waals surface area (Å²) in [7, 11) is 0. The third-order valence-corrected chi connectivity index (χ3v) is 5.91. The number of hydrogen-bond acceptors (Lipinski definition) is 9. The van der Waals surface area contributed by atoms with E-state index in [1.807, 2.05) is 39.8 Å². The Morgan fingerprint density at radius 3 is 2.00 bits per heavy atom. The van der Waals surface area contributed by atoms with Crippen molar-refractivity contribution in [3.05, 3.63) is 72.1 Å². The number of esters is 1. The van der Waals surface area contributed by atoms with Gasteiger partial charge in [0.2, 0.25) is 0 Å². The molecule has 1 aliphatic heterocycles. The van der Waals surface area contributed by atoms with E-state index in [1.165, 1.54) is 0 Å². The number of pyridine rings is 1. The molecule has 0 spiro atoms. The van der Waals surface area contributed by atoms with Gasteiger partial charge < -0.3 is 9.47 Å². The standard InChI is InChI=1S/C16H17NO6.C8H12O2.C7H7N.C2H6/c1-2-23-14(19)9-11(18)10-22-8-7-17-15(20)12-5-3-4-6-13(12)16(17)21;1-8(2)4-6(9)3-7(10)5-8;1-2-7-4-3-5-8-6-7;1-2/h3-6H,2,7-10H2,1H3;3-5H2,1-2H3;2-6H,1H2;1-2H3. The lowest BCUT2D eigenvalue weighted by Gasteiger charge is -2.26. The second-order valence-corrected chi connectivity index (χ2v) is 10.1. The summed E-state index contributed by atoms with van der Waals surface area (Å²) in [6, 6.07) is 10.4. The molecule has 1 saturated carbocycles. The van der Waals surface area contributed by atoms with Gasteiger partial charge in [-0.05, 0) is 36.1 Å². The molecule has 0 saturated heterocycles. The minimum atomic E-state index is -0.596. The number of rotatable bonds is 9. The first kappa shape index (κ1) is 36.7. The Kier molecular flexibility index (Phi) is 16.2. The highest BCUT2D eigenvalue weighted by molar-refractivity contribution is 6.21. The third-order valence-electron chi connectivity index (χ3n) is 5.91. The first-order chi connectivity index (χ1) is 20.5. The summed E-state index contributed by atoms with van der Waals surface area (Å²) < 4.78 is 9.78. The summed E-state index contributed by atoms with van der Waals surface area (Å²) in [5, 5.41) is 0. The summed E-state index contributed by atoms with van der Waals surface area (Å²) in [5.74, 6) is -1.55. The molecule has 1 fully saturated rings. The monoisotopic (exact) mass is 594 g/mol. The molecular weight excluding hydrogens is 552 g/mol. The van der Waals surface area contributed by atoms with Gasteiger partial charge in [0.15, 0.2) is 5.78 Å². The largest absolute Gasteiger partial charge is 0.466 e. The number of ketones is 3. The summed E-state index contributed by atoms with van der Waals surface area (Å²) in [6.45, 7) is 13.2. The van der Waals surface area contributed by atoms with Gasteiger partial charge in [0.1, 0.15) is 24.6 Å². The van der Waals surface area contributed by atoms with E-state index in [9.17, 15) is 28.8 Å². The van der Waals surface area contributed by atoms with Gasteiger partial charge in [0.05, 0.1) is 37.3 Å². The van der Waals surface area contributed by atoms with Crippen molar-refractivity contribution >= 4 is 41.2 Å². The number of benzene rings is 1. The Hall–Kier alpha value is -4.31. The van der Waals surface area contributed by atoms with Gasteiger partial charge in [0.25, 0.3) is 11.8 Å². The number of carbonyl (C=O) groups is 6. The molecule has 2 aliphatic rings. The van der Waals surface area contributed by atoms with Crippen molar-refractivity contribution in [3.8, 4) is 0 Å². The maximum atomic E-state index is 12.1. The highest BCUT2D eigenvalue weighted by Gasteiger charge is 2.34. The minimum absolute atomic E-state index is 0.0278. The molecule has 0 atom stereocenters. The molecule has 232 valence electrons. The van der Waals surface area contributed by atoms with Crippen LogP contribution in [0.2, 0.25) is 0 Å². The molecule has 10 nitrogen and oxygen atoms in total. The van der Waals surface area contributed by atoms with Crippen molar-refractivity contribution in [2.24, 2.45) is 5.41 Å². The van der Waals surface area contributed by atoms with E-state index in [2.05, 4.69) is 16.3 Å². The molecule has 0 unspecified atom stereocenters. The zero-order valence-corrected chi connectivity index (χ0v) is 25.7. The van der Waals surface area contributed by atoms with Gasteiger partial charge in [0, 0.05) is 25.2 Å². The van der Waals surface area contributed by atoms with E-state index in [1.54, 1.807) is 49.7 Å². The molecule has 10 heteroatoms. The highest BCUT2D eigenvalue weighted by Crippen LogP contribution is 2.30. The SMILES string of the molecule is C=Cc1cccnc1.CC.CC1(C)CC(=O)CC(=O)C1.CCOC(=O)CC(=O)COCCN1C(=O)c2ccccc2C1=O. The third kappa shape index (κ3) is 13.0. The molecule has 43 heavy (non-hydrogen) atoms. The Labute approximate surface area is 253 Å². The first-order valence-electron chi connectivity index (χ1n) is 14.2. The lowest BCUT2D eigenvalue weighted by Crippen LogP contribution is -2.33. The summed E-state index contributed by atoms with van der Waals surface area (Å²) in [6.07, 6.45) is 6.24. The lowest BCUT2D eigenvalue weighted by atomic mass is 9.76. The van der Waals surface area contributed by atoms with Crippen molar-refractivity contribution in [2.75, 3.05) is 26.4 Å². The normalized spacial score (nSPS) is 14.6. The average Bonchev–Trinajstić information content (AvgIpc) is 3.21. The predicted octanol–water partition coefficient (Wildman–Crippen LogP) is 4.91. The number of aromatic nitrogens is 1. The first-order valence-corrected chi connectivity index (χ1v) is 14.2. The van der Waals surface area contributed by atoms with Gasteiger partial charge in [-0.2, -0.15) is 0 Å². The lowest BCUT2D eigenvalue weighted by molar-refractivity contribution is -0.146. The van der Waals surface area contributed by atoms with E-state index < -0.39 is 11.8 Å². The number of carbonyl (C=O) groups excluding carboxylic acids is 6. The molecule has 0 N–H and O–H groups in total. The van der Waals surface area contributed by atoms with Crippen molar-refractivity contribution in [3.63, 3.8) is 0 Å². The number of imide groups is 1. The fourth-order valence-electron chi connectivity index (χ4n) is 4.18. The van der Waals surface area contributed by atoms with Crippen molar-refractivity contribution in [2.45, 2.75) is 60.3 Å². The van der Waals surface area contributed by atoms with Crippen LogP contribution in [0.25, 0.3) is 6.08 Å². The van der Waals surface area contributed by atoms with E-state index in [4.69, 9.17) is 4.74 Å². The molecular formula is C33H42N2O8. The molecule has 1 aliphatic carbocycles. The maximum absolute atomic E-state index is 12.1. The van der Waals surface area contributed by atoms with Crippen LogP contribution in [-0.4, -0.2) is 71.4 Å². The summed E-state index contributed by atoms with van der Waals surface area (Å²) in [4.78, 5) is 73.4. The number of fused-ring (bicyclic) bond motifs is 1. The quantitative estimate of drug-likeness (QED) is 0.172. The zero-order chi connectivity index (χ0) is 32.4. The second kappa shape index (κ2) is 19.0. The Morgan fingerprint density at radius 2 is 1.56 bits per heavy atom. The molecule has 2 aromatic rings. The van der Waals surface area contributed by atoms with Gasteiger partial charge in [-0.3, -0.25) is 38.7 Å². The molecule has 0 radical (unpaired) electrons. The number of amides is 2. The van der Waals surface area contributed by atoms with Crippen LogP contribution in [0.3, 0.4) is 0 Å². The second-order valence-electron chi connectivity index (χ2n) is 10.1. The summed E-state index contributed by atoms with van der Waals surface area (Å²) in [5.41, 5.74) is 1.73. The van der Waals surface area contributed by atoms with E-state index in [0.29, 0.717) is 24.0 Å². The molecule has 4 rings (SSSR count). The van der Waals surface area contributed by atoms with Crippen LogP contribution in [0, 0.1) is 5.41 Å². The van der Waals surface area contributed by atoms with Crippen LogP contribution in [0.1, 0.15) is 86.6 Å². The topological polar surface area (TPSA) is 137 Å². The highest BCUT2D eigenvalue weighted by atomic mass is 16.5. The van der Waals surface area contributed by atoms with Gasteiger partial charge in [-0.15, -0.1) is 0 Å². The fraction of sp³-hybridized carbons (Fsp3) is 0.424. The Balaban J connectivity index is 0.000000378. The van der Waals surface area contributed by atoms with Crippen LogP contribution in [-0.2, 0) is 28.7 Å². The van der Waals surface area contributed by atoms with Gasteiger partial charge in [-0.1, -0.05) is 58.5 Å². The van der Waals surface area contributed by atoms with Crippen molar-refractivity contribution in [1.82, 2.24) is 9.88 Å². The minimum Gasteiger partial charge on any atom is -0.466 e. The van der Waals surface area contributed by atoms with Gasteiger partial charge in [-0.25, -0.2) is 0 Å². The predicted molar refractivity (Wildman–Crippen MR) is 162 cm³/mol. The van der Waals surface area contributed by atoms with Crippen LogP contribution in [0.4, 0.5) is 0 Å². The Bertz CT molecular complexity index is 1220.